The third-order valence-corrected chi connectivity index (χ3v) is 4.88. The summed E-state index contributed by atoms with van der Waals surface area (Å²) < 4.78 is 0. The molecule has 1 amide bonds. The van der Waals surface area contributed by atoms with Gasteiger partial charge in [0.05, 0.1) is 16.1 Å². The minimum Gasteiger partial charge on any atom is -0.360 e. The number of H-pyrrole nitrogens is 1. The molecule has 0 saturated heterocycles. The van der Waals surface area contributed by atoms with Crippen LogP contribution in [0.25, 0.3) is 10.9 Å². The molecule has 22 heavy (non-hydrogen) atoms. The highest BCUT2D eigenvalue weighted by molar-refractivity contribution is 7.17. The number of para-hydroxylation sites is 1. The number of nitrogens with zero attached hydrogens (tertiary/aromatic N) is 1. The number of hydrogen-bond acceptors (Lipinski definition) is 4. The van der Waals surface area contributed by atoms with Gasteiger partial charge in [-0.2, -0.15) is 0 Å². The molecular formula is C16H13N3O2S. The number of carbonyl (C=O) groups is 2. The first kappa shape index (κ1) is 13.2. The predicted octanol–water partition coefficient (Wildman–Crippen LogP) is 3.40. The number of aryl methyl sites for hydroxylation is 1. The van der Waals surface area contributed by atoms with E-state index in [1.807, 2.05) is 24.3 Å². The SMILES string of the molecule is O=C1CCCc2nc(NC(=O)c3c[nH]c4ccccc34)sc21. The van der Waals surface area contributed by atoms with Crippen molar-refractivity contribution >= 4 is 39.1 Å². The van der Waals surface area contributed by atoms with Crippen LogP contribution in [0, 0.1) is 0 Å². The Hall–Kier alpha value is -2.47. The van der Waals surface area contributed by atoms with Gasteiger partial charge in [0.2, 0.25) is 0 Å². The minimum atomic E-state index is -0.212. The molecule has 0 spiro atoms. The van der Waals surface area contributed by atoms with Crippen molar-refractivity contribution in [3.8, 4) is 0 Å². The maximum absolute atomic E-state index is 12.4. The van der Waals surface area contributed by atoms with Gasteiger partial charge in [0.15, 0.2) is 10.9 Å². The van der Waals surface area contributed by atoms with Crippen molar-refractivity contribution in [3.05, 3.63) is 46.6 Å². The Morgan fingerprint density at radius 2 is 2.14 bits per heavy atom. The number of ketones is 1. The van der Waals surface area contributed by atoms with Crippen LogP contribution in [0.1, 0.15) is 38.6 Å². The highest BCUT2D eigenvalue weighted by Crippen LogP contribution is 2.30. The summed E-state index contributed by atoms with van der Waals surface area (Å²) in [6.07, 6.45) is 3.91. The first-order valence-corrected chi connectivity index (χ1v) is 7.94. The summed E-state index contributed by atoms with van der Waals surface area (Å²) in [5.41, 5.74) is 2.31. The van der Waals surface area contributed by atoms with Crippen LogP contribution in [0.3, 0.4) is 0 Å². The van der Waals surface area contributed by atoms with Gasteiger partial charge in [0.25, 0.3) is 5.91 Å². The van der Waals surface area contributed by atoms with E-state index in [1.54, 1.807) is 6.20 Å². The molecule has 5 nitrogen and oxygen atoms in total. The summed E-state index contributed by atoms with van der Waals surface area (Å²) in [6, 6.07) is 7.64. The standard InChI is InChI=1S/C16H13N3O2S/c20-13-7-3-6-12-14(13)22-16(18-12)19-15(21)10-8-17-11-5-2-1-4-9(10)11/h1-2,4-5,8,17H,3,6-7H2,(H,18,19,21). The van der Waals surface area contributed by atoms with Crippen LogP contribution in [0.4, 0.5) is 5.13 Å². The average molecular weight is 311 g/mol. The van der Waals surface area contributed by atoms with E-state index < -0.39 is 0 Å². The topological polar surface area (TPSA) is 74.8 Å². The van der Waals surface area contributed by atoms with E-state index in [1.165, 1.54) is 11.3 Å². The number of aromatic nitrogens is 2. The van der Waals surface area contributed by atoms with Gasteiger partial charge in [-0.25, -0.2) is 4.98 Å². The van der Waals surface area contributed by atoms with Gasteiger partial charge in [0.1, 0.15) is 0 Å². The number of nitrogens with one attached hydrogen (secondary N) is 2. The normalized spacial score (nSPS) is 14.1. The molecule has 1 aliphatic rings. The van der Waals surface area contributed by atoms with Crippen LogP contribution in [0.2, 0.25) is 0 Å². The summed E-state index contributed by atoms with van der Waals surface area (Å²) in [7, 11) is 0. The van der Waals surface area contributed by atoms with Crippen molar-refractivity contribution in [2.45, 2.75) is 19.3 Å². The largest absolute Gasteiger partial charge is 0.360 e. The quantitative estimate of drug-likeness (QED) is 0.761. The second-order valence-electron chi connectivity index (χ2n) is 5.27. The van der Waals surface area contributed by atoms with E-state index in [-0.39, 0.29) is 11.7 Å². The molecule has 0 atom stereocenters. The smallest absolute Gasteiger partial charge is 0.259 e. The van der Waals surface area contributed by atoms with E-state index in [2.05, 4.69) is 15.3 Å². The van der Waals surface area contributed by atoms with Gasteiger partial charge >= 0.3 is 0 Å². The molecule has 2 N–H and O–H groups in total. The number of Topliss-reactive ketones (excluding diaryl/α,β-unsaturated/α-hetero) is 1. The Balaban J connectivity index is 1.64. The van der Waals surface area contributed by atoms with Crippen molar-refractivity contribution in [1.82, 2.24) is 9.97 Å². The Morgan fingerprint density at radius 1 is 1.27 bits per heavy atom. The number of amides is 1. The summed E-state index contributed by atoms with van der Waals surface area (Å²) in [4.78, 5) is 32.4. The fraction of sp³-hybridized carbons (Fsp3) is 0.188. The summed E-state index contributed by atoms with van der Waals surface area (Å²) in [6.45, 7) is 0. The second kappa shape index (κ2) is 5.06. The number of aromatic amines is 1. The molecule has 0 aliphatic heterocycles. The zero-order chi connectivity index (χ0) is 15.1. The number of benzene rings is 1. The monoisotopic (exact) mass is 311 g/mol. The van der Waals surface area contributed by atoms with Crippen molar-refractivity contribution in [2.75, 3.05) is 5.32 Å². The van der Waals surface area contributed by atoms with Crippen molar-refractivity contribution < 1.29 is 9.59 Å². The highest BCUT2D eigenvalue weighted by atomic mass is 32.1. The van der Waals surface area contributed by atoms with Crippen LogP contribution < -0.4 is 5.32 Å². The molecule has 2 heterocycles. The van der Waals surface area contributed by atoms with E-state index in [9.17, 15) is 9.59 Å². The third kappa shape index (κ3) is 2.12. The first-order chi connectivity index (χ1) is 10.7. The zero-order valence-corrected chi connectivity index (χ0v) is 12.5. The van der Waals surface area contributed by atoms with Crippen molar-refractivity contribution in [2.24, 2.45) is 0 Å². The van der Waals surface area contributed by atoms with Gasteiger partial charge in [-0.1, -0.05) is 29.5 Å². The number of carbonyl (C=O) groups excluding carboxylic acids is 2. The number of rotatable bonds is 2. The lowest BCUT2D eigenvalue weighted by atomic mass is 10.0. The molecule has 1 aromatic carbocycles. The minimum absolute atomic E-state index is 0.131. The van der Waals surface area contributed by atoms with Gasteiger partial charge < -0.3 is 4.98 Å². The first-order valence-electron chi connectivity index (χ1n) is 7.13. The summed E-state index contributed by atoms with van der Waals surface area (Å²) in [5, 5.41) is 4.18. The van der Waals surface area contributed by atoms with E-state index in [0.717, 1.165) is 29.4 Å². The maximum Gasteiger partial charge on any atom is 0.259 e. The number of thiazole rings is 1. The van der Waals surface area contributed by atoms with Gasteiger partial charge in [-0.05, 0) is 18.9 Å². The van der Waals surface area contributed by atoms with Crippen LogP contribution in [0.5, 0.6) is 0 Å². The van der Waals surface area contributed by atoms with Crippen LogP contribution in [-0.2, 0) is 6.42 Å². The van der Waals surface area contributed by atoms with Crippen LogP contribution in [-0.4, -0.2) is 21.7 Å². The Labute approximate surface area is 130 Å². The Kier molecular flexibility index (Phi) is 3.04. The molecule has 3 aromatic rings. The van der Waals surface area contributed by atoms with Crippen molar-refractivity contribution in [3.63, 3.8) is 0 Å². The molecular weight excluding hydrogens is 298 g/mol. The Bertz CT molecular complexity index is 894. The maximum atomic E-state index is 12.4. The lowest BCUT2D eigenvalue weighted by Crippen LogP contribution is -2.11. The lowest BCUT2D eigenvalue weighted by Gasteiger charge is -2.05. The highest BCUT2D eigenvalue weighted by Gasteiger charge is 2.23. The van der Waals surface area contributed by atoms with Gasteiger partial charge in [0, 0.05) is 23.5 Å². The molecule has 0 radical (unpaired) electrons. The summed E-state index contributed by atoms with van der Waals surface area (Å²) in [5.74, 6) is -0.0812. The number of hydrogen-bond donors (Lipinski definition) is 2. The van der Waals surface area contributed by atoms with E-state index in [0.29, 0.717) is 22.0 Å². The van der Waals surface area contributed by atoms with E-state index in [4.69, 9.17) is 0 Å². The third-order valence-electron chi connectivity index (χ3n) is 3.82. The van der Waals surface area contributed by atoms with Crippen LogP contribution >= 0.6 is 11.3 Å². The van der Waals surface area contributed by atoms with Crippen molar-refractivity contribution in [1.29, 1.82) is 0 Å². The Morgan fingerprint density at radius 3 is 3.00 bits per heavy atom. The average Bonchev–Trinajstić information content (AvgIpc) is 3.11. The molecule has 6 heteroatoms. The fourth-order valence-electron chi connectivity index (χ4n) is 2.75. The molecule has 110 valence electrons. The predicted molar refractivity (Wildman–Crippen MR) is 85.6 cm³/mol. The molecule has 4 rings (SSSR count). The molecule has 0 bridgehead atoms. The zero-order valence-electron chi connectivity index (χ0n) is 11.7. The van der Waals surface area contributed by atoms with Gasteiger partial charge in [-0.15, -0.1) is 0 Å². The molecule has 0 fully saturated rings. The van der Waals surface area contributed by atoms with Gasteiger partial charge in [-0.3, -0.25) is 14.9 Å². The second-order valence-corrected chi connectivity index (χ2v) is 6.27. The van der Waals surface area contributed by atoms with E-state index >= 15 is 0 Å². The number of anilines is 1. The fourth-order valence-corrected chi connectivity index (χ4v) is 3.72. The molecule has 0 unspecified atom stereocenters. The lowest BCUT2D eigenvalue weighted by molar-refractivity contribution is 0.0975. The molecule has 1 aliphatic carbocycles. The van der Waals surface area contributed by atoms with Crippen LogP contribution in [0.15, 0.2) is 30.5 Å². The molecule has 2 aromatic heterocycles. The summed E-state index contributed by atoms with van der Waals surface area (Å²) >= 11 is 1.27. The number of fused-ring (bicyclic) bond motifs is 2. The molecule has 0 saturated carbocycles.